The number of nitrogens with zero attached hydrogens (tertiary/aromatic N) is 2. The minimum Gasteiger partial charge on any atom is -0.494 e. The van der Waals surface area contributed by atoms with Crippen LogP contribution < -0.4 is 4.74 Å². The summed E-state index contributed by atoms with van der Waals surface area (Å²) in [5, 5.41) is 9.33. The maximum absolute atomic E-state index is 11.4. The van der Waals surface area contributed by atoms with E-state index in [0.717, 1.165) is 29.1 Å². The molecule has 0 atom stereocenters. The highest BCUT2D eigenvalue weighted by Gasteiger charge is 2.14. The topological polar surface area (TPSA) is 64.3 Å². The fraction of sp³-hybridized carbons (Fsp3) is 0.200. The fourth-order valence-corrected chi connectivity index (χ4v) is 3.50. The van der Waals surface area contributed by atoms with E-state index in [2.05, 4.69) is 35.8 Å². The highest BCUT2D eigenvalue weighted by atomic mass is 16.5. The van der Waals surface area contributed by atoms with E-state index in [0.29, 0.717) is 25.1 Å². The van der Waals surface area contributed by atoms with Crippen LogP contribution in [0.4, 0.5) is 0 Å². The number of hydrogen-bond acceptors (Lipinski definition) is 3. The van der Waals surface area contributed by atoms with Crippen molar-refractivity contribution in [2.75, 3.05) is 6.61 Å². The van der Waals surface area contributed by atoms with E-state index in [4.69, 9.17) is 9.72 Å². The van der Waals surface area contributed by atoms with Gasteiger partial charge in [0.15, 0.2) is 0 Å². The summed E-state index contributed by atoms with van der Waals surface area (Å²) in [6, 6.07) is 23.4. The van der Waals surface area contributed by atoms with E-state index < -0.39 is 5.97 Å². The van der Waals surface area contributed by atoms with Crippen molar-refractivity contribution in [3.05, 3.63) is 95.3 Å². The fourth-order valence-electron chi connectivity index (χ4n) is 3.50. The van der Waals surface area contributed by atoms with E-state index in [1.807, 2.05) is 36.4 Å². The van der Waals surface area contributed by atoms with Crippen molar-refractivity contribution in [3.8, 4) is 5.75 Å². The molecule has 5 nitrogen and oxygen atoms in total. The van der Waals surface area contributed by atoms with Crippen LogP contribution in [0.25, 0.3) is 11.0 Å². The number of rotatable bonds is 8. The molecule has 4 rings (SSSR count). The van der Waals surface area contributed by atoms with E-state index in [1.165, 1.54) is 5.56 Å². The van der Waals surface area contributed by atoms with Crippen LogP contribution in [-0.2, 0) is 13.0 Å². The highest BCUT2D eigenvalue weighted by molar-refractivity contribution is 5.92. The van der Waals surface area contributed by atoms with Crippen LogP contribution in [0.3, 0.4) is 0 Å². The van der Waals surface area contributed by atoms with Crippen molar-refractivity contribution in [1.82, 2.24) is 9.55 Å². The molecule has 1 N–H and O–H groups in total. The SMILES string of the molecule is CCCOc1ccc(Cc2nc3cc(C(=O)O)ccc3n2Cc2ccccc2)cc1. The van der Waals surface area contributed by atoms with Gasteiger partial charge in [0, 0.05) is 13.0 Å². The van der Waals surface area contributed by atoms with Gasteiger partial charge in [-0.1, -0.05) is 49.4 Å². The molecule has 0 aliphatic rings. The van der Waals surface area contributed by atoms with Crippen LogP contribution in [0.15, 0.2) is 72.8 Å². The molecule has 5 heteroatoms. The summed E-state index contributed by atoms with van der Waals surface area (Å²) in [6.07, 6.45) is 1.63. The number of ether oxygens (including phenoxy) is 1. The van der Waals surface area contributed by atoms with Gasteiger partial charge in [0.25, 0.3) is 0 Å². The number of aromatic nitrogens is 2. The number of carboxylic acid groups (broad SMARTS) is 1. The number of fused-ring (bicyclic) bond motifs is 1. The zero-order valence-electron chi connectivity index (χ0n) is 16.9. The Morgan fingerprint density at radius 1 is 1.00 bits per heavy atom. The summed E-state index contributed by atoms with van der Waals surface area (Å²) in [4.78, 5) is 16.2. The number of imidazole rings is 1. The molecule has 1 heterocycles. The molecule has 0 fully saturated rings. The number of aromatic carboxylic acids is 1. The molecular weight excluding hydrogens is 376 g/mol. The number of carbonyl (C=O) groups is 1. The minimum absolute atomic E-state index is 0.246. The molecular formula is C25H24N2O3. The Morgan fingerprint density at radius 2 is 1.77 bits per heavy atom. The van der Waals surface area contributed by atoms with Crippen LogP contribution >= 0.6 is 0 Å². The van der Waals surface area contributed by atoms with Gasteiger partial charge in [0.2, 0.25) is 0 Å². The zero-order chi connectivity index (χ0) is 20.9. The minimum atomic E-state index is -0.946. The van der Waals surface area contributed by atoms with Crippen molar-refractivity contribution < 1.29 is 14.6 Å². The van der Waals surface area contributed by atoms with Gasteiger partial charge < -0.3 is 14.4 Å². The predicted octanol–water partition coefficient (Wildman–Crippen LogP) is 5.16. The first-order valence-corrected chi connectivity index (χ1v) is 10.1. The summed E-state index contributed by atoms with van der Waals surface area (Å²) in [6.45, 7) is 3.47. The monoisotopic (exact) mass is 400 g/mol. The largest absolute Gasteiger partial charge is 0.494 e. The molecule has 0 spiro atoms. The van der Waals surface area contributed by atoms with Crippen molar-refractivity contribution >= 4 is 17.0 Å². The average molecular weight is 400 g/mol. The third-order valence-electron chi connectivity index (χ3n) is 5.02. The Labute approximate surface area is 175 Å². The molecule has 0 bridgehead atoms. The molecule has 0 aliphatic carbocycles. The third kappa shape index (κ3) is 4.35. The molecule has 0 amide bonds. The van der Waals surface area contributed by atoms with Gasteiger partial charge in [0.05, 0.1) is 23.2 Å². The Bertz CT molecular complexity index is 1150. The number of benzene rings is 3. The molecule has 0 saturated carbocycles. The first kappa shape index (κ1) is 19.7. The summed E-state index contributed by atoms with van der Waals surface area (Å²) >= 11 is 0. The van der Waals surface area contributed by atoms with Gasteiger partial charge in [-0.3, -0.25) is 0 Å². The average Bonchev–Trinajstić information content (AvgIpc) is 3.10. The van der Waals surface area contributed by atoms with E-state index >= 15 is 0 Å². The van der Waals surface area contributed by atoms with E-state index in [9.17, 15) is 9.90 Å². The summed E-state index contributed by atoms with van der Waals surface area (Å²) in [5.74, 6) is 0.821. The Hall–Kier alpha value is -3.60. The second-order valence-corrected chi connectivity index (χ2v) is 7.28. The lowest BCUT2D eigenvalue weighted by molar-refractivity contribution is 0.0697. The van der Waals surface area contributed by atoms with Gasteiger partial charge in [-0.05, 0) is 47.9 Å². The summed E-state index contributed by atoms with van der Waals surface area (Å²) in [5.41, 5.74) is 4.17. The Balaban J connectivity index is 1.69. The molecule has 1 aromatic heterocycles. The molecule has 0 unspecified atom stereocenters. The van der Waals surface area contributed by atoms with Crippen LogP contribution in [0.5, 0.6) is 5.75 Å². The van der Waals surface area contributed by atoms with Crippen LogP contribution in [-0.4, -0.2) is 27.2 Å². The number of hydrogen-bond donors (Lipinski definition) is 1. The molecule has 3 aromatic carbocycles. The van der Waals surface area contributed by atoms with E-state index in [1.54, 1.807) is 12.1 Å². The van der Waals surface area contributed by atoms with Crippen molar-refractivity contribution in [3.63, 3.8) is 0 Å². The number of carboxylic acids is 1. The predicted molar refractivity (Wildman–Crippen MR) is 117 cm³/mol. The second-order valence-electron chi connectivity index (χ2n) is 7.28. The summed E-state index contributed by atoms with van der Waals surface area (Å²) < 4.78 is 7.83. The maximum atomic E-state index is 11.4. The molecule has 0 saturated heterocycles. The van der Waals surface area contributed by atoms with Crippen LogP contribution in [0, 0.1) is 0 Å². The van der Waals surface area contributed by atoms with E-state index in [-0.39, 0.29) is 5.56 Å². The molecule has 4 aromatic rings. The molecule has 30 heavy (non-hydrogen) atoms. The van der Waals surface area contributed by atoms with Crippen molar-refractivity contribution in [2.45, 2.75) is 26.3 Å². The van der Waals surface area contributed by atoms with Gasteiger partial charge in [0.1, 0.15) is 11.6 Å². The normalized spacial score (nSPS) is 11.0. The van der Waals surface area contributed by atoms with Crippen LogP contribution in [0.2, 0.25) is 0 Å². The third-order valence-corrected chi connectivity index (χ3v) is 5.02. The lowest BCUT2D eigenvalue weighted by atomic mass is 10.1. The molecule has 0 aliphatic heterocycles. The first-order chi connectivity index (χ1) is 14.6. The van der Waals surface area contributed by atoms with Gasteiger partial charge in [-0.25, -0.2) is 9.78 Å². The maximum Gasteiger partial charge on any atom is 0.335 e. The highest BCUT2D eigenvalue weighted by Crippen LogP contribution is 2.23. The van der Waals surface area contributed by atoms with Crippen LogP contribution in [0.1, 0.15) is 40.7 Å². The van der Waals surface area contributed by atoms with Gasteiger partial charge >= 0.3 is 5.97 Å². The zero-order valence-corrected chi connectivity index (χ0v) is 16.9. The lowest BCUT2D eigenvalue weighted by Crippen LogP contribution is -2.06. The standard InChI is InChI=1S/C25H24N2O3/c1-2-14-30-21-11-8-18(9-12-21)15-24-26-22-16-20(25(28)29)10-13-23(22)27(24)17-19-6-4-3-5-7-19/h3-13,16H,2,14-15,17H2,1H3,(H,28,29). The second kappa shape index (κ2) is 8.82. The van der Waals surface area contributed by atoms with Gasteiger partial charge in [-0.15, -0.1) is 0 Å². The Kier molecular flexibility index (Phi) is 5.80. The van der Waals surface area contributed by atoms with Crippen molar-refractivity contribution in [1.29, 1.82) is 0 Å². The molecule has 0 radical (unpaired) electrons. The lowest BCUT2D eigenvalue weighted by Gasteiger charge is -2.10. The van der Waals surface area contributed by atoms with Crippen molar-refractivity contribution in [2.24, 2.45) is 0 Å². The smallest absolute Gasteiger partial charge is 0.335 e. The molecule has 152 valence electrons. The Morgan fingerprint density at radius 3 is 2.47 bits per heavy atom. The quantitative estimate of drug-likeness (QED) is 0.444. The van der Waals surface area contributed by atoms with Gasteiger partial charge in [-0.2, -0.15) is 0 Å². The first-order valence-electron chi connectivity index (χ1n) is 10.1. The summed E-state index contributed by atoms with van der Waals surface area (Å²) in [7, 11) is 0.